The SMILES string of the molecule is CC1=C(C(=O)NCc2ccc3c(c2)OCCCO3)OCCO1. The smallest absolute Gasteiger partial charge is 0.290 e. The van der Waals surface area contributed by atoms with Gasteiger partial charge in [-0.3, -0.25) is 4.79 Å². The molecule has 0 fully saturated rings. The Balaban J connectivity index is 1.64. The Morgan fingerprint density at radius 1 is 1.05 bits per heavy atom. The number of amides is 1. The third-order valence-electron chi connectivity index (χ3n) is 3.44. The number of carbonyl (C=O) groups excluding carboxylic acids is 1. The molecule has 2 heterocycles. The van der Waals surface area contributed by atoms with E-state index in [9.17, 15) is 4.79 Å². The molecule has 0 unspecified atom stereocenters. The van der Waals surface area contributed by atoms with E-state index in [0.717, 1.165) is 23.5 Å². The molecule has 22 heavy (non-hydrogen) atoms. The molecule has 0 saturated carbocycles. The zero-order valence-corrected chi connectivity index (χ0v) is 12.5. The minimum absolute atomic E-state index is 0.251. The van der Waals surface area contributed by atoms with Gasteiger partial charge in [0.1, 0.15) is 19.0 Å². The van der Waals surface area contributed by atoms with Crippen LogP contribution < -0.4 is 14.8 Å². The Kier molecular flexibility index (Phi) is 4.37. The average molecular weight is 305 g/mol. The zero-order valence-electron chi connectivity index (χ0n) is 12.5. The molecule has 118 valence electrons. The van der Waals surface area contributed by atoms with Crippen molar-refractivity contribution in [2.45, 2.75) is 19.9 Å². The van der Waals surface area contributed by atoms with Gasteiger partial charge in [-0.1, -0.05) is 6.07 Å². The number of ether oxygens (including phenoxy) is 4. The lowest BCUT2D eigenvalue weighted by Gasteiger charge is -2.19. The van der Waals surface area contributed by atoms with Crippen molar-refractivity contribution in [2.24, 2.45) is 0 Å². The van der Waals surface area contributed by atoms with Gasteiger partial charge in [-0.2, -0.15) is 0 Å². The predicted octanol–water partition coefficient (Wildman–Crippen LogP) is 1.74. The van der Waals surface area contributed by atoms with E-state index < -0.39 is 0 Å². The fourth-order valence-electron chi connectivity index (χ4n) is 2.31. The second-order valence-corrected chi connectivity index (χ2v) is 5.10. The van der Waals surface area contributed by atoms with Crippen molar-refractivity contribution in [1.82, 2.24) is 5.32 Å². The van der Waals surface area contributed by atoms with Gasteiger partial charge in [-0.05, 0) is 24.6 Å². The van der Waals surface area contributed by atoms with Gasteiger partial charge in [0.15, 0.2) is 11.5 Å². The maximum absolute atomic E-state index is 12.1. The Morgan fingerprint density at radius 2 is 1.82 bits per heavy atom. The summed E-state index contributed by atoms with van der Waals surface area (Å²) in [6.07, 6.45) is 0.867. The molecule has 1 aromatic carbocycles. The maximum atomic E-state index is 12.1. The number of benzene rings is 1. The topological polar surface area (TPSA) is 66.0 Å². The van der Waals surface area contributed by atoms with E-state index in [1.165, 1.54) is 0 Å². The second kappa shape index (κ2) is 6.60. The van der Waals surface area contributed by atoms with E-state index in [1.54, 1.807) is 6.92 Å². The molecule has 0 aliphatic carbocycles. The fraction of sp³-hybridized carbons (Fsp3) is 0.438. The third-order valence-corrected chi connectivity index (χ3v) is 3.44. The predicted molar refractivity (Wildman–Crippen MR) is 78.5 cm³/mol. The normalized spacial score (nSPS) is 17.1. The van der Waals surface area contributed by atoms with Crippen LogP contribution in [0.2, 0.25) is 0 Å². The largest absolute Gasteiger partial charge is 0.491 e. The van der Waals surface area contributed by atoms with E-state index in [4.69, 9.17) is 18.9 Å². The minimum atomic E-state index is -0.274. The standard InChI is InChI=1S/C16H19NO5/c1-11-15(22-8-7-19-11)16(18)17-10-12-3-4-13-14(9-12)21-6-2-5-20-13/h3-4,9H,2,5-8,10H2,1H3,(H,17,18). The van der Waals surface area contributed by atoms with Crippen molar-refractivity contribution >= 4 is 5.91 Å². The summed E-state index contributed by atoms with van der Waals surface area (Å²) in [5.41, 5.74) is 0.938. The van der Waals surface area contributed by atoms with Crippen LogP contribution in [0.15, 0.2) is 29.7 Å². The van der Waals surface area contributed by atoms with E-state index in [-0.39, 0.29) is 11.7 Å². The number of hydrogen-bond donors (Lipinski definition) is 1. The molecular weight excluding hydrogens is 286 g/mol. The van der Waals surface area contributed by atoms with Gasteiger partial charge in [0.05, 0.1) is 13.2 Å². The van der Waals surface area contributed by atoms with Crippen LogP contribution >= 0.6 is 0 Å². The van der Waals surface area contributed by atoms with Crippen molar-refractivity contribution in [3.8, 4) is 11.5 Å². The van der Waals surface area contributed by atoms with Crippen LogP contribution in [0.4, 0.5) is 0 Å². The van der Waals surface area contributed by atoms with E-state index in [1.807, 2.05) is 18.2 Å². The molecule has 6 nitrogen and oxygen atoms in total. The molecule has 2 aliphatic heterocycles. The number of rotatable bonds is 3. The van der Waals surface area contributed by atoms with Gasteiger partial charge in [0.25, 0.3) is 5.91 Å². The monoisotopic (exact) mass is 305 g/mol. The highest BCUT2D eigenvalue weighted by Crippen LogP contribution is 2.30. The first-order valence-corrected chi connectivity index (χ1v) is 7.37. The van der Waals surface area contributed by atoms with Gasteiger partial charge in [0, 0.05) is 13.0 Å². The molecule has 1 aromatic rings. The lowest BCUT2D eigenvalue weighted by Crippen LogP contribution is -2.29. The van der Waals surface area contributed by atoms with Gasteiger partial charge >= 0.3 is 0 Å². The van der Waals surface area contributed by atoms with Crippen molar-refractivity contribution in [1.29, 1.82) is 0 Å². The molecule has 0 atom stereocenters. The van der Waals surface area contributed by atoms with Crippen LogP contribution in [0.3, 0.4) is 0 Å². The van der Waals surface area contributed by atoms with Gasteiger partial charge in [0.2, 0.25) is 5.76 Å². The van der Waals surface area contributed by atoms with E-state index in [0.29, 0.717) is 38.7 Å². The lowest BCUT2D eigenvalue weighted by molar-refractivity contribution is -0.122. The van der Waals surface area contributed by atoms with Crippen LogP contribution in [0.25, 0.3) is 0 Å². The summed E-state index contributed by atoms with van der Waals surface area (Å²) in [5, 5.41) is 2.82. The number of carbonyl (C=O) groups is 1. The molecule has 0 bridgehead atoms. The summed E-state index contributed by atoms with van der Waals surface area (Å²) in [4.78, 5) is 12.1. The van der Waals surface area contributed by atoms with E-state index >= 15 is 0 Å². The minimum Gasteiger partial charge on any atom is -0.491 e. The molecular formula is C16H19NO5. The number of hydrogen-bond acceptors (Lipinski definition) is 5. The first-order valence-electron chi connectivity index (χ1n) is 7.37. The number of allylic oxidation sites excluding steroid dienone is 1. The number of nitrogens with one attached hydrogen (secondary N) is 1. The van der Waals surface area contributed by atoms with Crippen LogP contribution in [0, 0.1) is 0 Å². The number of fused-ring (bicyclic) bond motifs is 1. The third kappa shape index (κ3) is 3.27. The highest BCUT2D eigenvalue weighted by Gasteiger charge is 2.19. The van der Waals surface area contributed by atoms with Crippen molar-refractivity contribution in [3.63, 3.8) is 0 Å². The quantitative estimate of drug-likeness (QED) is 0.921. The average Bonchev–Trinajstić information content (AvgIpc) is 2.78. The molecule has 1 amide bonds. The van der Waals surface area contributed by atoms with Crippen LogP contribution in [-0.4, -0.2) is 32.3 Å². The second-order valence-electron chi connectivity index (χ2n) is 5.10. The lowest BCUT2D eigenvalue weighted by atomic mass is 10.2. The van der Waals surface area contributed by atoms with Gasteiger partial charge < -0.3 is 24.3 Å². The summed E-state index contributed by atoms with van der Waals surface area (Å²) in [6.45, 7) is 4.28. The van der Waals surface area contributed by atoms with Crippen LogP contribution in [0.1, 0.15) is 18.9 Å². The maximum Gasteiger partial charge on any atom is 0.290 e. The fourth-order valence-corrected chi connectivity index (χ4v) is 2.31. The van der Waals surface area contributed by atoms with Crippen LogP contribution in [0.5, 0.6) is 11.5 Å². The van der Waals surface area contributed by atoms with E-state index in [2.05, 4.69) is 5.32 Å². The summed E-state index contributed by atoms with van der Waals surface area (Å²) >= 11 is 0. The van der Waals surface area contributed by atoms with Gasteiger partial charge in [-0.25, -0.2) is 0 Å². The van der Waals surface area contributed by atoms with Gasteiger partial charge in [-0.15, -0.1) is 0 Å². The first kappa shape index (κ1) is 14.6. The Labute approximate surface area is 129 Å². The molecule has 3 rings (SSSR count). The molecule has 1 N–H and O–H groups in total. The molecule has 0 spiro atoms. The highest BCUT2D eigenvalue weighted by molar-refractivity contribution is 5.91. The Morgan fingerprint density at radius 3 is 2.64 bits per heavy atom. The molecule has 2 aliphatic rings. The van der Waals surface area contributed by atoms with Crippen LogP contribution in [-0.2, 0) is 20.8 Å². The summed E-state index contributed by atoms with van der Waals surface area (Å²) in [7, 11) is 0. The first-order chi connectivity index (χ1) is 10.7. The zero-order chi connectivity index (χ0) is 15.4. The van der Waals surface area contributed by atoms with Crippen molar-refractivity contribution in [2.75, 3.05) is 26.4 Å². The van der Waals surface area contributed by atoms with Crippen molar-refractivity contribution in [3.05, 3.63) is 35.3 Å². The molecule has 0 radical (unpaired) electrons. The molecule has 0 saturated heterocycles. The van der Waals surface area contributed by atoms with Crippen molar-refractivity contribution < 1.29 is 23.7 Å². The molecule has 0 aromatic heterocycles. The highest BCUT2D eigenvalue weighted by atomic mass is 16.6. The Bertz CT molecular complexity index is 596. The summed E-state index contributed by atoms with van der Waals surface area (Å²) < 4.78 is 21.9. The summed E-state index contributed by atoms with van der Waals surface area (Å²) in [6, 6.07) is 5.67. The summed E-state index contributed by atoms with van der Waals surface area (Å²) in [5.74, 6) is 1.96. The Hall–Kier alpha value is -2.37. The molecule has 6 heteroatoms.